The van der Waals surface area contributed by atoms with Crippen LogP contribution in [-0.2, 0) is 18.2 Å². The van der Waals surface area contributed by atoms with E-state index >= 15 is 0 Å². The van der Waals surface area contributed by atoms with E-state index in [1.54, 1.807) is 13.8 Å². The molecule has 0 heterocycles. The Morgan fingerprint density at radius 2 is 1.92 bits per heavy atom. The van der Waals surface area contributed by atoms with Crippen LogP contribution in [0.4, 0.5) is 4.39 Å². The Morgan fingerprint density at radius 3 is 2.25 bits per heavy atom. The van der Waals surface area contributed by atoms with Gasteiger partial charge in [-0.2, -0.15) is 4.39 Å². The van der Waals surface area contributed by atoms with Crippen LogP contribution >= 0.6 is 7.82 Å². The Balaban J connectivity index is 4.08. The highest BCUT2D eigenvalue weighted by Crippen LogP contribution is 2.49. The molecule has 0 amide bonds. The van der Waals surface area contributed by atoms with Gasteiger partial charge in [-0.3, -0.25) is 13.7 Å². The summed E-state index contributed by atoms with van der Waals surface area (Å²) >= 11 is 0. The second-order valence-electron chi connectivity index (χ2n) is 1.57. The number of hydrogen-bond acceptors (Lipinski definition) is 5. The van der Waals surface area contributed by atoms with Gasteiger partial charge in [0.05, 0.1) is 13.2 Å². The number of nitrogens with zero attached hydrogens (tertiary/aromatic N) is 1. The molecule has 7 heteroatoms. The molecule has 0 radical (unpaired) electrons. The van der Waals surface area contributed by atoms with Crippen molar-refractivity contribution in [1.29, 1.82) is 0 Å². The smallest absolute Gasteiger partial charge is 0.290 e. The first-order valence-electron chi connectivity index (χ1n) is 3.38. The highest BCUT2D eigenvalue weighted by molar-refractivity contribution is 7.48. The number of phosphoric acid groups is 1. The van der Waals surface area contributed by atoms with Crippen molar-refractivity contribution in [2.24, 2.45) is 5.16 Å². The lowest BCUT2D eigenvalue weighted by Crippen LogP contribution is -1.96. The maximum Gasteiger partial charge on any atom is 0.550 e. The molecule has 0 aromatic rings. The molecule has 0 unspecified atom stereocenters. The Labute approximate surface area is 70.1 Å². The molecule has 0 fully saturated rings. The van der Waals surface area contributed by atoms with Crippen LogP contribution in [0, 0.1) is 0 Å². The monoisotopic (exact) mass is 199 g/mol. The van der Waals surface area contributed by atoms with E-state index in [1.165, 1.54) is 0 Å². The van der Waals surface area contributed by atoms with Gasteiger partial charge in [0.2, 0.25) is 6.47 Å². The lowest BCUT2D eigenvalue weighted by atomic mass is 10.9. The van der Waals surface area contributed by atoms with E-state index in [2.05, 4.69) is 18.8 Å². The van der Waals surface area contributed by atoms with Crippen molar-refractivity contribution >= 4 is 14.3 Å². The molecule has 0 saturated carbocycles. The van der Waals surface area contributed by atoms with Crippen molar-refractivity contribution in [3.8, 4) is 0 Å². The highest BCUT2D eigenvalue weighted by Gasteiger charge is 2.26. The molecule has 0 aliphatic carbocycles. The van der Waals surface area contributed by atoms with Gasteiger partial charge in [-0.25, -0.2) is 4.57 Å². The van der Waals surface area contributed by atoms with Crippen LogP contribution in [0.2, 0.25) is 0 Å². The predicted octanol–water partition coefficient (Wildman–Crippen LogP) is 2.10. The van der Waals surface area contributed by atoms with Gasteiger partial charge in [0.25, 0.3) is 0 Å². The van der Waals surface area contributed by atoms with Gasteiger partial charge in [0, 0.05) is 0 Å². The normalized spacial score (nSPS) is 12.2. The van der Waals surface area contributed by atoms with E-state index in [4.69, 9.17) is 0 Å². The first-order valence-corrected chi connectivity index (χ1v) is 4.84. The minimum Gasteiger partial charge on any atom is -0.290 e. The van der Waals surface area contributed by atoms with Crippen LogP contribution in [0.15, 0.2) is 5.16 Å². The van der Waals surface area contributed by atoms with Crippen molar-refractivity contribution in [2.75, 3.05) is 13.2 Å². The van der Waals surface area contributed by atoms with Gasteiger partial charge in [0.1, 0.15) is 0 Å². The number of halogens is 1. The Hall–Kier alpha value is -0.450. The van der Waals surface area contributed by atoms with Gasteiger partial charge in [-0.15, -0.1) is 0 Å². The fourth-order valence-electron chi connectivity index (χ4n) is 0.476. The molecule has 72 valence electrons. The summed E-state index contributed by atoms with van der Waals surface area (Å²) in [5.41, 5.74) is 0. The summed E-state index contributed by atoms with van der Waals surface area (Å²) in [5.74, 6) is 0. The van der Waals surface area contributed by atoms with Crippen LogP contribution in [0.3, 0.4) is 0 Å². The zero-order chi connectivity index (χ0) is 9.45. The Bertz CT molecular complexity index is 176. The minimum absolute atomic E-state index is 0.134. The molecule has 0 bridgehead atoms. The van der Waals surface area contributed by atoms with Gasteiger partial charge >= 0.3 is 7.82 Å². The molecule has 0 atom stereocenters. The third kappa shape index (κ3) is 4.43. The Kier molecular flexibility index (Phi) is 5.88. The number of hydrogen-bond donors (Lipinski definition) is 0. The maximum atomic E-state index is 11.4. The second-order valence-corrected chi connectivity index (χ2v) is 3.14. The number of oxime groups is 1. The fraction of sp³-hybridized carbons (Fsp3) is 0.800. The van der Waals surface area contributed by atoms with Crippen LogP contribution in [0.25, 0.3) is 0 Å². The average molecular weight is 199 g/mol. The molecule has 0 spiro atoms. The molecule has 0 aliphatic heterocycles. The SMILES string of the molecule is CCOP(=O)(OCC)O/N=C\F. The lowest BCUT2D eigenvalue weighted by molar-refractivity contribution is 0.124. The molecular weight excluding hydrogens is 188 g/mol. The second kappa shape index (κ2) is 6.11. The molecule has 0 aromatic carbocycles. The summed E-state index contributed by atoms with van der Waals surface area (Å²) in [6.07, 6.45) is 0. The summed E-state index contributed by atoms with van der Waals surface area (Å²) in [4.78, 5) is 0. The largest absolute Gasteiger partial charge is 0.550 e. The van der Waals surface area contributed by atoms with E-state index in [0.29, 0.717) is 0 Å². The standard InChI is InChI=1S/C5H11FNO4P/c1-3-9-12(8,10-4-2)11-7-5-6/h5H,3-4H2,1-2H3/b7-5-. The summed E-state index contributed by atoms with van der Waals surface area (Å²) in [6.45, 7) is 3.35. The minimum atomic E-state index is -3.67. The Morgan fingerprint density at radius 1 is 1.42 bits per heavy atom. The maximum absolute atomic E-state index is 11.4. The van der Waals surface area contributed by atoms with Crippen LogP contribution < -0.4 is 0 Å². The van der Waals surface area contributed by atoms with Crippen LogP contribution in [0.1, 0.15) is 13.8 Å². The molecule has 12 heavy (non-hydrogen) atoms. The molecule has 5 nitrogen and oxygen atoms in total. The summed E-state index contributed by atoms with van der Waals surface area (Å²) in [5, 5.41) is 2.68. The third-order valence-corrected chi connectivity index (χ3v) is 2.20. The third-order valence-electron chi connectivity index (χ3n) is 0.761. The molecular formula is C5H11FNO4P. The zero-order valence-corrected chi connectivity index (χ0v) is 7.79. The van der Waals surface area contributed by atoms with Crippen molar-refractivity contribution < 1.29 is 22.6 Å². The fourth-order valence-corrected chi connectivity index (χ4v) is 1.43. The van der Waals surface area contributed by atoms with Gasteiger partial charge < -0.3 is 0 Å². The molecule has 0 saturated heterocycles. The van der Waals surface area contributed by atoms with Gasteiger partial charge in [-0.05, 0) is 13.8 Å². The molecule has 0 aromatic heterocycles. The van der Waals surface area contributed by atoms with Crippen molar-refractivity contribution in [3.05, 3.63) is 0 Å². The first-order chi connectivity index (χ1) is 5.68. The van der Waals surface area contributed by atoms with E-state index in [1.807, 2.05) is 0 Å². The van der Waals surface area contributed by atoms with Crippen molar-refractivity contribution in [3.63, 3.8) is 0 Å². The quantitative estimate of drug-likeness (QED) is 0.373. The van der Waals surface area contributed by atoms with Gasteiger partial charge in [-0.1, -0.05) is 5.16 Å². The molecule has 0 N–H and O–H groups in total. The van der Waals surface area contributed by atoms with Crippen LogP contribution in [-0.4, -0.2) is 19.7 Å². The van der Waals surface area contributed by atoms with E-state index in [-0.39, 0.29) is 19.7 Å². The average Bonchev–Trinajstić information content (AvgIpc) is 2.02. The topological polar surface area (TPSA) is 57.1 Å². The van der Waals surface area contributed by atoms with Crippen molar-refractivity contribution in [2.45, 2.75) is 13.8 Å². The lowest BCUT2D eigenvalue weighted by Gasteiger charge is -2.11. The predicted molar refractivity (Wildman–Crippen MR) is 41.5 cm³/mol. The first kappa shape index (κ1) is 11.6. The summed E-state index contributed by atoms with van der Waals surface area (Å²) < 4.78 is 36.0. The zero-order valence-electron chi connectivity index (χ0n) is 6.90. The molecule has 0 rings (SSSR count). The summed E-state index contributed by atoms with van der Waals surface area (Å²) in [7, 11) is -3.67. The van der Waals surface area contributed by atoms with Gasteiger partial charge in [0.15, 0.2) is 0 Å². The highest BCUT2D eigenvalue weighted by atomic mass is 31.2. The van der Waals surface area contributed by atoms with E-state index < -0.39 is 7.82 Å². The van der Waals surface area contributed by atoms with E-state index in [9.17, 15) is 8.96 Å². The summed E-state index contributed by atoms with van der Waals surface area (Å²) in [6, 6.07) is 0. The number of rotatable bonds is 6. The number of phosphoric ester groups is 1. The van der Waals surface area contributed by atoms with Crippen molar-refractivity contribution in [1.82, 2.24) is 0 Å². The molecule has 0 aliphatic rings. The van der Waals surface area contributed by atoms with E-state index in [0.717, 1.165) is 0 Å². The van der Waals surface area contributed by atoms with Crippen LogP contribution in [0.5, 0.6) is 0 Å².